The van der Waals surface area contributed by atoms with Crippen molar-refractivity contribution in [1.29, 1.82) is 0 Å². The van der Waals surface area contributed by atoms with E-state index < -0.39 is 18.4 Å². The zero-order chi connectivity index (χ0) is 25.5. The van der Waals surface area contributed by atoms with Crippen molar-refractivity contribution in [3.8, 4) is 10.4 Å². The molecule has 2 aromatic heterocycles. The normalized spacial score (nSPS) is 22.3. The van der Waals surface area contributed by atoms with Gasteiger partial charge in [0.2, 0.25) is 0 Å². The van der Waals surface area contributed by atoms with E-state index in [1.54, 1.807) is 4.90 Å². The van der Waals surface area contributed by atoms with Crippen molar-refractivity contribution in [1.82, 2.24) is 20.2 Å². The zero-order valence-electron chi connectivity index (χ0n) is 20.3. The Bertz CT molecular complexity index is 1110. The number of nitrogens with zero attached hydrogens (tertiary/aromatic N) is 3. The van der Waals surface area contributed by atoms with Crippen molar-refractivity contribution in [2.24, 2.45) is 0 Å². The highest BCUT2D eigenvalue weighted by molar-refractivity contribution is 7.17. The number of hydrogen-bond donors (Lipinski definition) is 3. The highest BCUT2D eigenvalue weighted by Crippen LogP contribution is 2.39. The van der Waals surface area contributed by atoms with Gasteiger partial charge in [0.25, 0.3) is 18.2 Å². The predicted octanol–water partition coefficient (Wildman–Crippen LogP) is 4.23. The number of pyridine rings is 1. The van der Waals surface area contributed by atoms with Crippen molar-refractivity contribution in [2.75, 3.05) is 11.9 Å². The first kappa shape index (κ1) is 25.4. The first-order valence-electron chi connectivity index (χ1n) is 11.8. The van der Waals surface area contributed by atoms with E-state index in [0.29, 0.717) is 25.2 Å². The molecule has 8 nitrogen and oxygen atoms in total. The largest absolute Gasteiger partial charge is 0.393 e. The van der Waals surface area contributed by atoms with Crippen LogP contribution >= 0.6 is 11.3 Å². The van der Waals surface area contributed by atoms with E-state index >= 15 is 0 Å². The van der Waals surface area contributed by atoms with Crippen LogP contribution in [0.1, 0.15) is 85.7 Å². The maximum Gasteiger partial charge on any atom is 0.280 e. The van der Waals surface area contributed by atoms with Gasteiger partial charge in [-0.2, -0.15) is 0 Å². The van der Waals surface area contributed by atoms with Gasteiger partial charge < -0.3 is 20.6 Å². The highest BCUT2D eigenvalue weighted by Gasteiger charge is 2.34. The molecule has 2 amide bonds. The van der Waals surface area contributed by atoms with Gasteiger partial charge in [0.15, 0.2) is 5.01 Å². The summed E-state index contributed by atoms with van der Waals surface area (Å²) in [7, 11) is 0. The lowest BCUT2D eigenvalue weighted by Crippen LogP contribution is -2.46. The van der Waals surface area contributed by atoms with Crippen molar-refractivity contribution < 1.29 is 23.5 Å². The molecule has 1 saturated carbocycles. The van der Waals surface area contributed by atoms with Gasteiger partial charge in [-0.3, -0.25) is 9.59 Å². The van der Waals surface area contributed by atoms with E-state index in [0.717, 1.165) is 24.2 Å². The molecule has 1 unspecified atom stereocenters. The fraction of sp³-hybridized carbons (Fsp3) is 0.583. The van der Waals surface area contributed by atoms with E-state index in [4.69, 9.17) is 0 Å². The van der Waals surface area contributed by atoms with Gasteiger partial charge in [0, 0.05) is 41.5 Å². The lowest BCUT2D eigenvalue weighted by Gasteiger charge is -2.31. The molecule has 11 heteroatoms. The van der Waals surface area contributed by atoms with E-state index in [-0.39, 0.29) is 50.2 Å². The van der Waals surface area contributed by atoms with Crippen LogP contribution in [0.25, 0.3) is 10.4 Å². The number of carbonyl (C=O) groups is 2. The molecule has 0 spiro atoms. The molecule has 35 heavy (non-hydrogen) atoms. The summed E-state index contributed by atoms with van der Waals surface area (Å²) in [4.78, 5) is 36.8. The molecule has 3 heterocycles. The van der Waals surface area contributed by atoms with Gasteiger partial charge in [-0.1, -0.05) is 0 Å². The number of aliphatic hydroxyl groups is 1. The van der Waals surface area contributed by atoms with Crippen molar-refractivity contribution in [3.05, 3.63) is 28.5 Å². The smallest absolute Gasteiger partial charge is 0.280 e. The number of aromatic nitrogens is 2. The van der Waals surface area contributed by atoms with Crippen molar-refractivity contribution >= 4 is 29.0 Å². The molecular weight excluding hydrogens is 476 g/mol. The average Bonchev–Trinajstić information content (AvgIpc) is 3.37. The Morgan fingerprint density at radius 1 is 1.29 bits per heavy atom. The second-order valence-electron chi connectivity index (χ2n) is 10.3. The number of halogens is 2. The van der Waals surface area contributed by atoms with E-state index in [1.165, 1.54) is 12.3 Å². The Labute approximate surface area is 207 Å². The van der Waals surface area contributed by atoms with Crippen LogP contribution in [0.4, 0.5) is 14.6 Å². The highest BCUT2D eigenvalue weighted by atomic mass is 32.1. The lowest BCUT2D eigenvalue weighted by atomic mass is 9.89. The molecule has 1 saturated heterocycles. The summed E-state index contributed by atoms with van der Waals surface area (Å²) < 4.78 is 28.4. The second-order valence-corrected chi connectivity index (χ2v) is 11.3. The first-order valence-corrected chi connectivity index (χ1v) is 12.6. The van der Waals surface area contributed by atoms with Crippen LogP contribution in [0.3, 0.4) is 0 Å². The monoisotopic (exact) mass is 507 g/mol. The Hall–Kier alpha value is -2.66. The number of amides is 2. The Kier molecular flexibility index (Phi) is 7.10. The number of likely N-dealkylation sites (tertiary alicyclic amines) is 1. The molecular formula is C24H31F2N5O3S. The van der Waals surface area contributed by atoms with Gasteiger partial charge in [-0.25, -0.2) is 18.7 Å². The average molecular weight is 508 g/mol. The standard InChI is InChI=1S/C24H31F2N5O3S/c1-12-6-5-7-31(12)23(34)18-19(35-22(29-18)21(33)28-13-8-14(32)9-13)16-11-27-17(30-24(2,3)4)10-15(16)20(25)26/h10-14,20,32H,5-9H2,1-4H3,(H,27,30)(H,28,33). The topological polar surface area (TPSA) is 107 Å². The third kappa shape index (κ3) is 5.61. The minimum absolute atomic E-state index is 0.00292. The molecule has 2 fully saturated rings. The second kappa shape index (κ2) is 9.77. The van der Waals surface area contributed by atoms with Crippen LogP contribution in [0, 0.1) is 0 Å². The Morgan fingerprint density at radius 3 is 2.57 bits per heavy atom. The van der Waals surface area contributed by atoms with E-state index in [9.17, 15) is 23.5 Å². The van der Waals surface area contributed by atoms with Gasteiger partial charge in [-0.05, 0) is 59.4 Å². The molecule has 0 aromatic carbocycles. The van der Waals surface area contributed by atoms with Gasteiger partial charge in [-0.15, -0.1) is 11.3 Å². The molecule has 1 aliphatic heterocycles. The SMILES string of the molecule is CC1CCCN1C(=O)c1nc(C(=O)NC2CC(O)C2)sc1-c1cnc(NC(C)(C)C)cc1C(F)F. The number of aliphatic hydroxyl groups excluding tert-OH is 1. The van der Waals surface area contributed by atoms with Crippen LogP contribution < -0.4 is 10.6 Å². The van der Waals surface area contributed by atoms with Crippen molar-refractivity contribution in [3.63, 3.8) is 0 Å². The molecule has 190 valence electrons. The zero-order valence-corrected chi connectivity index (χ0v) is 21.1. The summed E-state index contributed by atoms with van der Waals surface area (Å²) in [5.41, 5.74) is -0.591. The van der Waals surface area contributed by atoms with E-state index in [2.05, 4.69) is 20.6 Å². The summed E-state index contributed by atoms with van der Waals surface area (Å²) in [6.07, 6.45) is 0.641. The van der Waals surface area contributed by atoms with Crippen LogP contribution in [0.5, 0.6) is 0 Å². The molecule has 1 atom stereocenters. The maximum absolute atomic E-state index is 14.2. The van der Waals surface area contributed by atoms with Gasteiger partial charge in [0.05, 0.1) is 11.0 Å². The summed E-state index contributed by atoms with van der Waals surface area (Å²) in [6.45, 7) is 8.17. The summed E-state index contributed by atoms with van der Waals surface area (Å²) >= 11 is 0.910. The fourth-order valence-electron chi connectivity index (χ4n) is 4.36. The minimum atomic E-state index is -2.82. The van der Waals surface area contributed by atoms with Gasteiger partial charge >= 0.3 is 0 Å². The summed E-state index contributed by atoms with van der Waals surface area (Å²) in [6, 6.07) is 1.10. The lowest BCUT2D eigenvalue weighted by molar-refractivity contribution is 0.0562. The number of carbonyl (C=O) groups excluding carboxylic acids is 2. The molecule has 1 aliphatic carbocycles. The number of hydrogen-bond acceptors (Lipinski definition) is 7. The molecule has 0 bridgehead atoms. The third-order valence-corrected chi connectivity index (χ3v) is 7.29. The van der Waals surface area contributed by atoms with Crippen LogP contribution in [0.15, 0.2) is 12.3 Å². The number of nitrogens with one attached hydrogen (secondary N) is 2. The number of alkyl halides is 2. The third-order valence-electron chi connectivity index (χ3n) is 6.20. The van der Waals surface area contributed by atoms with Crippen molar-refractivity contribution in [2.45, 2.75) is 83.5 Å². The van der Waals surface area contributed by atoms with E-state index in [1.807, 2.05) is 27.7 Å². The molecule has 0 radical (unpaired) electrons. The molecule has 2 aromatic rings. The Balaban J connectivity index is 1.75. The molecule has 4 rings (SSSR count). The minimum Gasteiger partial charge on any atom is -0.393 e. The number of rotatable bonds is 6. The Morgan fingerprint density at radius 2 is 2.00 bits per heavy atom. The maximum atomic E-state index is 14.2. The number of thiazole rings is 1. The molecule has 2 aliphatic rings. The number of anilines is 1. The van der Waals surface area contributed by atoms with Crippen LogP contribution in [0.2, 0.25) is 0 Å². The fourth-order valence-corrected chi connectivity index (χ4v) is 5.35. The van der Waals surface area contributed by atoms with Crippen LogP contribution in [-0.2, 0) is 0 Å². The molecule has 3 N–H and O–H groups in total. The van der Waals surface area contributed by atoms with Crippen LogP contribution in [-0.4, -0.2) is 62.1 Å². The predicted molar refractivity (Wildman–Crippen MR) is 130 cm³/mol. The van der Waals surface area contributed by atoms with Gasteiger partial charge in [0.1, 0.15) is 11.5 Å². The quantitative estimate of drug-likeness (QED) is 0.540. The first-order chi connectivity index (χ1) is 16.4. The summed E-state index contributed by atoms with van der Waals surface area (Å²) in [5, 5.41) is 15.4. The summed E-state index contributed by atoms with van der Waals surface area (Å²) in [5.74, 6) is -0.570.